The van der Waals surface area contributed by atoms with Gasteiger partial charge in [-0.25, -0.2) is 4.98 Å². The quantitative estimate of drug-likeness (QED) is 0.660. The number of nitrogens with zero attached hydrogens (tertiary/aromatic N) is 3. The zero-order chi connectivity index (χ0) is 19.8. The maximum absolute atomic E-state index is 13.0. The predicted octanol–water partition coefficient (Wildman–Crippen LogP) is 5.01. The molecule has 3 rings (SSSR count). The number of hydrogen-bond donors (Lipinski definition) is 0. The van der Waals surface area contributed by atoms with E-state index in [1.165, 1.54) is 4.57 Å². The van der Waals surface area contributed by atoms with Gasteiger partial charge in [0.05, 0.1) is 28.9 Å². The van der Waals surface area contributed by atoms with Crippen molar-refractivity contribution in [1.82, 2.24) is 9.55 Å². The first-order valence-electron chi connectivity index (χ1n) is 8.58. The zero-order valence-electron chi connectivity index (χ0n) is 14.6. The first kappa shape index (κ1) is 19.6. The fourth-order valence-corrected chi connectivity index (χ4v) is 3.78. The van der Waals surface area contributed by atoms with Crippen LogP contribution in [0, 0.1) is 24.2 Å². The molecule has 1 aliphatic carbocycles. The van der Waals surface area contributed by atoms with Gasteiger partial charge in [-0.3, -0.25) is 9.36 Å². The van der Waals surface area contributed by atoms with Gasteiger partial charge in [0, 0.05) is 5.92 Å². The summed E-state index contributed by atoms with van der Waals surface area (Å²) in [5, 5.41) is 8.95. The highest BCUT2D eigenvalue weighted by Crippen LogP contribution is 2.42. The maximum atomic E-state index is 13.0. The standard InChI is InChI=1S/C19H17BrF3N3O/c1-11-16(20)18(27)26(15-8-2-12(10-24)3-9-15)17(25-11)13-4-6-14(7-5-13)19(21,22)23/h2-3,8-9,13-14H,4-7H2,1H3. The van der Waals surface area contributed by atoms with E-state index < -0.39 is 12.1 Å². The zero-order valence-corrected chi connectivity index (χ0v) is 16.1. The molecule has 1 fully saturated rings. The van der Waals surface area contributed by atoms with E-state index in [2.05, 4.69) is 20.9 Å². The fourth-order valence-electron chi connectivity index (χ4n) is 3.52. The molecule has 0 aliphatic heterocycles. The van der Waals surface area contributed by atoms with E-state index >= 15 is 0 Å². The summed E-state index contributed by atoms with van der Waals surface area (Å²) in [6.45, 7) is 1.69. The molecule has 0 bridgehead atoms. The Balaban J connectivity index is 2.03. The summed E-state index contributed by atoms with van der Waals surface area (Å²) >= 11 is 3.25. The van der Waals surface area contributed by atoms with Gasteiger partial charge >= 0.3 is 6.18 Å². The van der Waals surface area contributed by atoms with Crippen LogP contribution in [0.1, 0.15) is 48.7 Å². The Labute approximate surface area is 162 Å². The molecule has 142 valence electrons. The summed E-state index contributed by atoms with van der Waals surface area (Å²) in [7, 11) is 0. The van der Waals surface area contributed by atoms with Crippen molar-refractivity contribution in [1.29, 1.82) is 5.26 Å². The van der Waals surface area contributed by atoms with E-state index in [9.17, 15) is 18.0 Å². The third-order valence-corrected chi connectivity index (χ3v) is 5.94. The summed E-state index contributed by atoms with van der Waals surface area (Å²) < 4.78 is 40.7. The molecule has 0 radical (unpaired) electrons. The average molecular weight is 440 g/mol. The van der Waals surface area contributed by atoms with Crippen LogP contribution < -0.4 is 5.56 Å². The van der Waals surface area contributed by atoms with Crippen molar-refractivity contribution in [3.8, 4) is 11.8 Å². The second kappa shape index (κ2) is 7.47. The van der Waals surface area contributed by atoms with Crippen LogP contribution >= 0.6 is 15.9 Å². The third-order valence-electron chi connectivity index (χ3n) is 5.03. The number of benzene rings is 1. The van der Waals surface area contributed by atoms with Crippen LogP contribution in [0.15, 0.2) is 33.5 Å². The Morgan fingerprint density at radius 2 is 1.78 bits per heavy atom. The molecule has 1 aromatic heterocycles. The molecule has 1 heterocycles. The maximum Gasteiger partial charge on any atom is 0.391 e. The minimum atomic E-state index is -4.18. The SMILES string of the molecule is Cc1nc(C2CCC(C(F)(F)F)CC2)n(-c2ccc(C#N)cc2)c(=O)c1Br. The largest absolute Gasteiger partial charge is 0.391 e. The van der Waals surface area contributed by atoms with Crippen molar-refractivity contribution in [2.45, 2.75) is 44.7 Å². The highest BCUT2D eigenvalue weighted by atomic mass is 79.9. The topological polar surface area (TPSA) is 58.7 Å². The monoisotopic (exact) mass is 439 g/mol. The van der Waals surface area contributed by atoms with E-state index in [1.807, 2.05) is 6.07 Å². The molecule has 0 N–H and O–H groups in total. The van der Waals surface area contributed by atoms with E-state index in [4.69, 9.17) is 5.26 Å². The lowest BCUT2D eigenvalue weighted by atomic mass is 9.81. The normalized spacial score (nSPS) is 20.3. The molecule has 0 spiro atoms. The molecule has 8 heteroatoms. The first-order valence-corrected chi connectivity index (χ1v) is 9.38. The third kappa shape index (κ3) is 3.93. The molecule has 0 saturated heterocycles. The minimum Gasteiger partial charge on any atom is -0.268 e. The Bertz CT molecular complexity index is 937. The van der Waals surface area contributed by atoms with Gasteiger partial charge in [-0.1, -0.05) is 0 Å². The van der Waals surface area contributed by atoms with Crippen molar-refractivity contribution in [3.05, 3.63) is 56.2 Å². The molecule has 1 aliphatic rings. The van der Waals surface area contributed by atoms with Gasteiger partial charge in [0.1, 0.15) is 10.3 Å². The summed E-state index contributed by atoms with van der Waals surface area (Å²) in [6, 6.07) is 8.51. The molecular formula is C19H17BrF3N3O. The van der Waals surface area contributed by atoms with Gasteiger partial charge in [-0.05, 0) is 72.8 Å². The summed E-state index contributed by atoms with van der Waals surface area (Å²) in [5.41, 5.74) is 1.20. The van der Waals surface area contributed by atoms with Gasteiger partial charge in [0.15, 0.2) is 0 Å². The number of halogens is 4. The highest BCUT2D eigenvalue weighted by Gasteiger charge is 2.42. The highest BCUT2D eigenvalue weighted by molar-refractivity contribution is 9.10. The van der Waals surface area contributed by atoms with Crippen molar-refractivity contribution in [2.75, 3.05) is 0 Å². The summed E-state index contributed by atoms with van der Waals surface area (Å²) in [6.07, 6.45) is -3.46. The molecule has 1 saturated carbocycles. The number of aryl methyl sites for hydroxylation is 1. The molecule has 0 atom stereocenters. The van der Waals surface area contributed by atoms with Crippen LogP contribution in [0.5, 0.6) is 0 Å². The van der Waals surface area contributed by atoms with Crippen LogP contribution in [0.2, 0.25) is 0 Å². The van der Waals surface area contributed by atoms with E-state index in [0.717, 1.165) is 0 Å². The van der Waals surface area contributed by atoms with Crippen LogP contribution in [0.25, 0.3) is 5.69 Å². The Morgan fingerprint density at radius 1 is 1.19 bits per heavy atom. The molecule has 0 unspecified atom stereocenters. The van der Waals surface area contributed by atoms with E-state index in [1.54, 1.807) is 31.2 Å². The number of alkyl halides is 3. The van der Waals surface area contributed by atoms with Crippen molar-refractivity contribution in [3.63, 3.8) is 0 Å². The minimum absolute atomic E-state index is 0.0342. The van der Waals surface area contributed by atoms with E-state index in [0.29, 0.717) is 40.1 Å². The second-order valence-corrected chi connectivity index (χ2v) is 7.55. The smallest absolute Gasteiger partial charge is 0.268 e. The molecule has 0 amide bonds. The number of aromatic nitrogens is 2. The molecule has 4 nitrogen and oxygen atoms in total. The van der Waals surface area contributed by atoms with E-state index in [-0.39, 0.29) is 24.3 Å². The average Bonchev–Trinajstić information content (AvgIpc) is 2.65. The van der Waals surface area contributed by atoms with Gasteiger partial charge in [-0.15, -0.1) is 0 Å². The number of hydrogen-bond acceptors (Lipinski definition) is 3. The van der Waals surface area contributed by atoms with Crippen molar-refractivity contribution >= 4 is 15.9 Å². The van der Waals surface area contributed by atoms with Crippen molar-refractivity contribution in [2.24, 2.45) is 5.92 Å². The lowest BCUT2D eigenvalue weighted by Gasteiger charge is -2.30. The Kier molecular flexibility index (Phi) is 5.43. The van der Waals surface area contributed by atoms with Crippen LogP contribution in [0.4, 0.5) is 13.2 Å². The second-order valence-electron chi connectivity index (χ2n) is 6.76. The summed E-state index contributed by atoms with van der Waals surface area (Å²) in [4.78, 5) is 17.4. The first-order chi connectivity index (χ1) is 12.7. The van der Waals surface area contributed by atoms with Gasteiger partial charge in [0.2, 0.25) is 0 Å². The lowest BCUT2D eigenvalue weighted by Crippen LogP contribution is -2.31. The number of nitriles is 1. The lowest BCUT2D eigenvalue weighted by molar-refractivity contribution is -0.182. The van der Waals surface area contributed by atoms with Crippen LogP contribution in [-0.2, 0) is 0 Å². The Morgan fingerprint density at radius 3 is 2.30 bits per heavy atom. The van der Waals surface area contributed by atoms with Crippen LogP contribution in [0.3, 0.4) is 0 Å². The fraction of sp³-hybridized carbons (Fsp3) is 0.421. The predicted molar refractivity (Wildman–Crippen MR) is 97.7 cm³/mol. The molecule has 1 aromatic carbocycles. The van der Waals surface area contributed by atoms with Crippen molar-refractivity contribution < 1.29 is 13.2 Å². The van der Waals surface area contributed by atoms with Gasteiger partial charge < -0.3 is 0 Å². The van der Waals surface area contributed by atoms with Gasteiger partial charge in [-0.2, -0.15) is 18.4 Å². The van der Waals surface area contributed by atoms with Gasteiger partial charge in [0.25, 0.3) is 5.56 Å². The molecule has 2 aromatic rings. The van der Waals surface area contributed by atoms with Crippen LogP contribution in [-0.4, -0.2) is 15.7 Å². The Hall–Kier alpha value is -2.14. The molecule has 27 heavy (non-hydrogen) atoms. The summed E-state index contributed by atoms with van der Waals surface area (Å²) in [5.74, 6) is -1.04. The molecular weight excluding hydrogens is 423 g/mol. The number of rotatable bonds is 2.